The normalized spacial score (nSPS) is 21.1. The van der Waals surface area contributed by atoms with E-state index in [2.05, 4.69) is 12.2 Å². The second kappa shape index (κ2) is 6.61. The predicted octanol–water partition coefficient (Wildman–Crippen LogP) is 2.07. The van der Waals surface area contributed by atoms with Crippen LogP contribution in [0.4, 0.5) is 4.79 Å². The van der Waals surface area contributed by atoms with E-state index in [4.69, 9.17) is 5.11 Å². The molecule has 1 heterocycles. The molecule has 1 aliphatic rings. The molecule has 2 unspecified atom stereocenters. The molecule has 1 aliphatic heterocycles. The van der Waals surface area contributed by atoms with Crippen LogP contribution in [0.5, 0.6) is 0 Å². The first-order valence-corrected chi connectivity index (χ1v) is 6.75. The van der Waals surface area contributed by atoms with Crippen molar-refractivity contribution in [1.29, 1.82) is 0 Å². The first kappa shape index (κ1) is 14.8. The van der Waals surface area contributed by atoms with E-state index in [0.29, 0.717) is 6.42 Å². The molecule has 1 rings (SSSR count). The third-order valence-corrected chi connectivity index (χ3v) is 3.41. The Labute approximate surface area is 109 Å². The molecule has 1 saturated heterocycles. The first-order valence-electron chi connectivity index (χ1n) is 6.75. The van der Waals surface area contributed by atoms with Gasteiger partial charge in [0, 0.05) is 12.6 Å². The highest BCUT2D eigenvalue weighted by molar-refractivity contribution is 5.82. The highest BCUT2D eigenvalue weighted by Crippen LogP contribution is 2.20. The minimum Gasteiger partial charge on any atom is -0.480 e. The number of aliphatic carboxylic acids is 1. The van der Waals surface area contributed by atoms with Crippen molar-refractivity contribution in [2.24, 2.45) is 5.92 Å². The van der Waals surface area contributed by atoms with E-state index in [1.165, 1.54) is 0 Å². The molecule has 0 spiro atoms. The minimum absolute atomic E-state index is 0.229. The molecule has 104 valence electrons. The van der Waals surface area contributed by atoms with Crippen molar-refractivity contribution in [1.82, 2.24) is 10.2 Å². The lowest BCUT2D eigenvalue weighted by atomic mass is 10.0. The van der Waals surface area contributed by atoms with Gasteiger partial charge >= 0.3 is 12.0 Å². The zero-order valence-electron chi connectivity index (χ0n) is 11.5. The van der Waals surface area contributed by atoms with Crippen molar-refractivity contribution in [2.75, 3.05) is 6.54 Å². The average Bonchev–Trinajstić information content (AvgIpc) is 2.75. The van der Waals surface area contributed by atoms with Crippen LogP contribution in [0.25, 0.3) is 0 Å². The van der Waals surface area contributed by atoms with Gasteiger partial charge in [0.1, 0.15) is 6.04 Å². The van der Waals surface area contributed by atoms with E-state index in [9.17, 15) is 9.59 Å². The Bertz CT molecular complexity index is 305. The second-order valence-corrected chi connectivity index (χ2v) is 5.37. The number of carboxylic acid groups (broad SMARTS) is 1. The summed E-state index contributed by atoms with van der Waals surface area (Å²) in [6, 6.07) is -0.749. The number of rotatable bonds is 5. The van der Waals surface area contributed by atoms with Crippen LogP contribution < -0.4 is 5.32 Å². The van der Waals surface area contributed by atoms with Crippen LogP contribution in [0.1, 0.15) is 46.5 Å². The number of hydrogen-bond acceptors (Lipinski definition) is 2. The zero-order chi connectivity index (χ0) is 13.7. The van der Waals surface area contributed by atoms with Crippen molar-refractivity contribution in [3.05, 3.63) is 0 Å². The number of amides is 2. The molecular weight excluding hydrogens is 232 g/mol. The van der Waals surface area contributed by atoms with Crippen LogP contribution in [0, 0.1) is 5.92 Å². The highest BCUT2D eigenvalue weighted by Gasteiger charge is 2.30. The number of carboxylic acids is 1. The van der Waals surface area contributed by atoms with Crippen molar-refractivity contribution in [3.63, 3.8) is 0 Å². The van der Waals surface area contributed by atoms with Gasteiger partial charge in [-0.15, -0.1) is 0 Å². The topological polar surface area (TPSA) is 69.6 Å². The Kier molecular flexibility index (Phi) is 5.44. The molecule has 0 bridgehead atoms. The first-order chi connectivity index (χ1) is 8.45. The number of hydrogen-bond donors (Lipinski definition) is 2. The van der Waals surface area contributed by atoms with Gasteiger partial charge in [0.15, 0.2) is 0 Å². The molecule has 0 aromatic rings. The van der Waals surface area contributed by atoms with Gasteiger partial charge in [0.2, 0.25) is 0 Å². The molecule has 2 atom stereocenters. The van der Waals surface area contributed by atoms with Gasteiger partial charge in [-0.1, -0.05) is 20.8 Å². The molecule has 0 aromatic heterocycles. The summed E-state index contributed by atoms with van der Waals surface area (Å²) in [7, 11) is 0. The van der Waals surface area contributed by atoms with Gasteiger partial charge in [-0.25, -0.2) is 9.59 Å². The van der Waals surface area contributed by atoms with Gasteiger partial charge < -0.3 is 15.3 Å². The standard InChI is InChI=1S/C13H24N2O3/c1-4-10-6-5-7-15(10)13(18)14-11(12(16)17)8-9(2)3/h9-11H,4-8H2,1-3H3,(H,14,18)(H,16,17). The molecule has 0 radical (unpaired) electrons. The zero-order valence-corrected chi connectivity index (χ0v) is 11.5. The van der Waals surface area contributed by atoms with Gasteiger partial charge in [-0.05, 0) is 31.6 Å². The van der Waals surface area contributed by atoms with Crippen molar-refractivity contribution in [2.45, 2.75) is 58.5 Å². The lowest BCUT2D eigenvalue weighted by molar-refractivity contribution is -0.139. The molecule has 0 aromatic carbocycles. The SMILES string of the molecule is CCC1CCCN1C(=O)NC(CC(C)C)C(=O)O. The van der Waals surface area contributed by atoms with E-state index in [0.717, 1.165) is 25.8 Å². The summed E-state index contributed by atoms with van der Waals surface area (Å²) in [5.74, 6) is -0.712. The van der Waals surface area contributed by atoms with Crippen molar-refractivity contribution >= 4 is 12.0 Å². The molecular formula is C13H24N2O3. The van der Waals surface area contributed by atoms with Gasteiger partial charge in [-0.3, -0.25) is 0 Å². The number of nitrogens with one attached hydrogen (secondary N) is 1. The summed E-state index contributed by atoms with van der Waals surface area (Å²) in [6.07, 6.45) is 3.42. The van der Waals surface area contributed by atoms with Crippen LogP contribution in [0.15, 0.2) is 0 Å². The van der Waals surface area contributed by atoms with Crippen LogP contribution in [-0.2, 0) is 4.79 Å². The Morgan fingerprint density at radius 1 is 1.44 bits per heavy atom. The Balaban J connectivity index is 2.58. The van der Waals surface area contributed by atoms with Crippen molar-refractivity contribution < 1.29 is 14.7 Å². The van der Waals surface area contributed by atoms with Crippen LogP contribution in [0.2, 0.25) is 0 Å². The van der Waals surface area contributed by atoms with E-state index in [-0.39, 0.29) is 18.0 Å². The van der Waals surface area contributed by atoms with E-state index in [1.54, 1.807) is 4.90 Å². The molecule has 0 aliphatic carbocycles. The summed E-state index contributed by atoms with van der Waals surface area (Å²) < 4.78 is 0. The lowest BCUT2D eigenvalue weighted by Gasteiger charge is -2.26. The molecule has 2 amide bonds. The molecule has 5 heteroatoms. The Morgan fingerprint density at radius 2 is 2.11 bits per heavy atom. The highest BCUT2D eigenvalue weighted by atomic mass is 16.4. The fraction of sp³-hybridized carbons (Fsp3) is 0.846. The second-order valence-electron chi connectivity index (χ2n) is 5.37. The van der Waals surface area contributed by atoms with Gasteiger partial charge in [-0.2, -0.15) is 0 Å². The number of nitrogens with zero attached hydrogens (tertiary/aromatic N) is 1. The smallest absolute Gasteiger partial charge is 0.326 e. The monoisotopic (exact) mass is 256 g/mol. The minimum atomic E-state index is -0.954. The lowest BCUT2D eigenvalue weighted by Crippen LogP contribution is -2.49. The molecule has 0 saturated carbocycles. The predicted molar refractivity (Wildman–Crippen MR) is 69.4 cm³/mol. The molecule has 18 heavy (non-hydrogen) atoms. The maximum atomic E-state index is 12.1. The molecule has 1 fully saturated rings. The average molecular weight is 256 g/mol. The van der Waals surface area contributed by atoms with Crippen LogP contribution in [-0.4, -0.2) is 40.6 Å². The van der Waals surface area contributed by atoms with Crippen LogP contribution >= 0.6 is 0 Å². The number of urea groups is 1. The van der Waals surface area contributed by atoms with E-state index in [1.807, 2.05) is 13.8 Å². The molecule has 5 nitrogen and oxygen atoms in total. The Morgan fingerprint density at radius 3 is 2.61 bits per heavy atom. The number of carbonyl (C=O) groups is 2. The summed E-state index contributed by atoms with van der Waals surface area (Å²) in [5, 5.41) is 11.7. The quantitative estimate of drug-likeness (QED) is 0.791. The maximum Gasteiger partial charge on any atom is 0.326 e. The third kappa shape index (κ3) is 3.89. The summed E-state index contributed by atoms with van der Waals surface area (Å²) in [4.78, 5) is 24.9. The van der Waals surface area contributed by atoms with E-state index >= 15 is 0 Å². The van der Waals surface area contributed by atoms with Gasteiger partial charge in [0.25, 0.3) is 0 Å². The third-order valence-electron chi connectivity index (χ3n) is 3.41. The fourth-order valence-electron chi connectivity index (χ4n) is 2.45. The maximum absolute atomic E-state index is 12.1. The van der Waals surface area contributed by atoms with E-state index < -0.39 is 12.0 Å². The Hall–Kier alpha value is -1.26. The van der Waals surface area contributed by atoms with Crippen LogP contribution in [0.3, 0.4) is 0 Å². The van der Waals surface area contributed by atoms with Crippen molar-refractivity contribution in [3.8, 4) is 0 Å². The summed E-state index contributed by atoms with van der Waals surface area (Å²) in [6.45, 7) is 6.69. The summed E-state index contributed by atoms with van der Waals surface area (Å²) >= 11 is 0. The number of carbonyl (C=O) groups excluding carboxylic acids is 1. The number of likely N-dealkylation sites (tertiary alicyclic amines) is 1. The van der Waals surface area contributed by atoms with Gasteiger partial charge in [0.05, 0.1) is 0 Å². The molecule has 2 N–H and O–H groups in total. The summed E-state index contributed by atoms with van der Waals surface area (Å²) in [5.41, 5.74) is 0. The fourth-order valence-corrected chi connectivity index (χ4v) is 2.45. The largest absolute Gasteiger partial charge is 0.480 e.